The van der Waals surface area contributed by atoms with Gasteiger partial charge in [0.1, 0.15) is 5.78 Å². The minimum Gasteiger partial charge on any atom is -0.299 e. The van der Waals surface area contributed by atoms with E-state index in [0.717, 1.165) is 25.0 Å². The van der Waals surface area contributed by atoms with E-state index in [-0.39, 0.29) is 0 Å². The van der Waals surface area contributed by atoms with Crippen molar-refractivity contribution in [2.24, 2.45) is 5.92 Å². The van der Waals surface area contributed by atoms with Gasteiger partial charge in [0.25, 0.3) is 0 Å². The summed E-state index contributed by atoms with van der Waals surface area (Å²) < 4.78 is 2.01. The standard InChI is InChI=1S/C15H26N2O/c1-5-14(6-2)17-10-9-13(16-17)11-15(18)8-7-12(3)4/h9-10,12,14H,5-8,11H2,1-4H3. The van der Waals surface area contributed by atoms with Gasteiger partial charge in [-0.3, -0.25) is 9.48 Å². The molecule has 3 heteroatoms. The first-order chi connectivity index (χ1) is 8.56. The molecule has 18 heavy (non-hydrogen) atoms. The minimum atomic E-state index is 0.304. The van der Waals surface area contributed by atoms with Crippen molar-refractivity contribution in [3.8, 4) is 0 Å². The molecular formula is C15H26N2O. The lowest BCUT2D eigenvalue weighted by Gasteiger charge is -2.12. The Kier molecular flexibility index (Phi) is 6.10. The molecule has 0 aliphatic heterocycles. The predicted molar refractivity (Wildman–Crippen MR) is 74.6 cm³/mol. The maximum absolute atomic E-state index is 11.8. The molecule has 0 saturated carbocycles. The van der Waals surface area contributed by atoms with Crippen LogP contribution in [0.2, 0.25) is 0 Å². The van der Waals surface area contributed by atoms with Gasteiger partial charge >= 0.3 is 0 Å². The molecule has 0 radical (unpaired) electrons. The molecule has 3 nitrogen and oxygen atoms in total. The van der Waals surface area contributed by atoms with Gasteiger partial charge in [0.05, 0.1) is 18.2 Å². The number of aromatic nitrogens is 2. The van der Waals surface area contributed by atoms with Gasteiger partial charge in [-0.2, -0.15) is 5.10 Å². The first kappa shape index (κ1) is 14.9. The van der Waals surface area contributed by atoms with Gasteiger partial charge in [-0.05, 0) is 31.2 Å². The number of Topliss-reactive ketones (excluding diaryl/α,β-unsaturated/α-hetero) is 1. The van der Waals surface area contributed by atoms with Crippen molar-refractivity contribution in [2.75, 3.05) is 0 Å². The second-order valence-corrected chi connectivity index (χ2v) is 5.41. The molecule has 0 fully saturated rings. The molecule has 1 aromatic rings. The molecule has 0 aromatic carbocycles. The summed E-state index contributed by atoms with van der Waals surface area (Å²) in [6.45, 7) is 8.64. The fourth-order valence-corrected chi connectivity index (χ4v) is 2.08. The van der Waals surface area contributed by atoms with E-state index in [0.29, 0.717) is 30.6 Å². The molecular weight excluding hydrogens is 224 g/mol. The van der Waals surface area contributed by atoms with E-state index in [1.165, 1.54) is 0 Å². The van der Waals surface area contributed by atoms with E-state index < -0.39 is 0 Å². The van der Waals surface area contributed by atoms with Crippen LogP contribution in [0.5, 0.6) is 0 Å². The van der Waals surface area contributed by atoms with E-state index in [2.05, 4.69) is 32.8 Å². The molecule has 1 rings (SSSR count). The summed E-state index contributed by atoms with van der Waals surface area (Å²) in [5, 5.41) is 4.52. The molecule has 0 aliphatic rings. The third kappa shape index (κ3) is 4.63. The highest BCUT2D eigenvalue weighted by molar-refractivity contribution is 5.80. The van der Waals surface area contributed by atoms with Crippen molar-refractivity contribution in [1.82, 2.24) is 9.78 Å². The summed E-state index contributed by atoms with van der Waals surface area (Å²) in [5.41, 5.74) is 0.913. The quantitative estimate of drug-likeness (QED) is 0.703. The number of carbonyl (C=O) groups excluding carboxylic acids is 1. The molecule has 0 bridgehead atoms. The summed E-state index contributed by atoms with van der Waals surface area (Å²) in [6.07, 6.45) is 6.31. The lowest BCUT2D eigenvalue weighted by atomic mass is 10.0. The van der Waals surface area contributed by atoms with Gasteiger partial charge in [-0.1, -0.05) is 27.7 Å². The Morgan fingerprint density at radius 2 is 2.00 bits per heavy atom. The molecule has 1 heterocycles. The molecule has 0 aliphatic carbocycles. The first-order valence-electron chi connectivity index (χ1n) is 7.12. The van der Waals surface area contributed by atoms with Crippen LogP contribution in [0.25, 0.3) is 0 Å². The van der Waals surface area contributed by atoms with Gasteiger partial charge in [-0.15, -0.1) is 0 Å². The SMILES string of the molecule is CCC(CC)n1ccc(CC(=O)CCC(C)C)n1. The van der Waals surface area contributed by atoms with Crippen LogP contribution in [-0.2, 0) is 11.2 Å². The van der Waals surface area contributed by atoms with Crippen LogP contribution < -0.4 is 0 Å². The van der Waals surface area contributed by atoms with E-state index in [9.17, 15) is 4.79 Å². The van der Waals surface area contributed by atoms with Crippen molar-refractivity contribution >= 4 is 5.78 Å². The monoisotopic (exact) mass is 250 g/mol. The highest BCUT2D eigenvalue weighted by Gasteiger charge is 2.11. The normalized spacial score (nSPS) is 11.4. The Morgan fingerprint density at radius 1 is 1.33 bits per heavy atom. The lowest BCUT2D eigenvalue weighted by molar-refractivity contribution is -0.118. The molecule has 1 aromatic heterocycles. The van der Waals surface area contributed by atoms with E-state index in [1.54, 1.807) is 0 Å². The number of hydrogen-bond acceptors (Lipinski definition) is 2. The number of hydrogen-bond donors (Lipinski definition) is 0. The van der Waals surface area contributed by atoms with Crippen LogP contribution in [0.1, 0.15) is 65.1 Å². The molecule has 0 atom stereocenters. The van der Waals surface area contributed by atoms with E-state index in [4.69, 9.17) is 0 Å². The maximum Gasteiger partial charge on any atom is 0.138 e. The average Bonchev–Trinajstić information content (AvgIpc) is 2.76. The molecule has 102 valence electrons. The summed E-state index contributed by atoms with van der Waals surface area (Å²) >= 11 is 0. The molecule has 0 N–H and O–H groups in total. The van der Waals surface area contributed by atoms with Crippen molar-refractivity contribution in [3.63, 3.8) is 0 Å². The number of rotatable bonds is 8. The number of carbonyl (C=O) groups is 1. The van der Waals surface area contributed by atoms with Crippen molar-refractivity contribution < 1.29 is 4.79 Å². The lowest BCUT2D eigenvalue weighted by Crippen LogP contribution is -2.09. The van der Waals surface area contributed by atoms with Gasteiger partial charge in [-0.25, -0.2) is 0 Å². The Labute approximate surface area is 111 Å². The van der Waals surface area contributed by atoms with Crippen LogP contribution in [0.4, 0.5) is 0 Å². The second kappa shape index (κ2) is 7.34. The Morgan fingerprint density at radius 3 is 2.56 bits per heavy atom. The van der Waals surface area contributed by atoms with Crippen molar-refractivity contribution in [1.29, 1.82) is 0 Å². The fraction of sp³-hybridized carbons (Fsp3) is 0.733. The average molecular weight is 250 g/mol. The molecule has 0 amide bonds. The zero-order valence-electron chi connectivity index (χ0n) is 12.1. The number of ketones is 1. The van der Waals surface area contributed by atoms with Crippen LogP contribution in [-0.4, -0.2) is 15.6 Å². The minimum absolute atomic E-state index is 0.304. The maximum atomic E-state index is 11.8. The third-order valence-corrected chi connectivity index (χ3v) is 3.36. The van der Waals surface area contributed by atoms with Crippen LogP contribution >= 0.6 is 0 Å². The summed E-state index contributed by atoms with van der Waals surface area (Å²) in [6, 6.07) is 2.44. The van der Waals surface area contributed by atoms with Gasteiger partial charge in [0, 0.05) is 12.6 Å². The fourth-order valence-electron chi connectivity index (χ4n) is 2.08. The molecule has 0 unspecified atom stereocenters. The Bertz CT molecular complexity index is 364. The smallest absolute Gasteiger partial charge is 0.138 e. The van der Waals surface area contributed by atoms with Gasteiger partial charge in [0.2, 0.25) is 0 Å². The highest BCUT2D eigenvalue weighted by Crippen LogP contribution is 2.15. The van der Waals surface area contributed by atoms with Crippen LogP contribution in [0, 0.1) is 5.92 Å². The van der Waals surface area contributed by atoms with Crippen molar-refractivity contribution in [3.05, 3.63) is 18.0 Å². The van der Waals surface area contributed by atoms with Crippen LogP contribution in [0.3, 0.4) is 0 Å². The van der Waals surface area contributed by atoms with E-state index in [1.807, 2.05) is 16.9 Å². The summed E-state index contributed by atoms with van der Waals surface area (Å²) in [5.74, 6) is 0.898. The summed E-state index contributed by atoms with van der Waals surface area (Å²) in [4.78, 5) is 11.8. The highest BCUT2D eigenvalue weighted by atomic mass is 16.1. The van der Waals surface area contributed by atoms with E-state index >= 15 is 0 Å². The largest absolute Gasteiger partial charge is 0.299 e. The zero-order chi connectivity index (χ0) is 13.5. The second-order valence-electron chi connectivity index (χ2n) is 5.41. The summed E-state index contributed by atoms with van der Waals surface area (Å²) in [7, 11) is 0. The number of nitrogens with zero attached hydrogens (tertiary/aromatic N) is 2. The Balaban J connectivity index is 2.50. The van der Waals surface area contributed by atoms with Crippen molar-refractivity contribution in [2.45, 2.75) is 65.8 Å². The zero-order valence-corrected chi connectivity index (χ0v) is 12.1. The predicted octanol–water partition coefficient (Wildman–Crippen LogP) is 3.79. The first-order valence-corrected chi connectivity index (χ1v) is 7.12. The van der Waals surface area contributed by atoms with Gasteiger partial charge in [0.15, 0.2) is 0 Å². The third-order valence-electron chi connectivity index (χ3n) is 3.36. The molecule has 0 saturated heterocycles. The topological polar surface area (TPSA) is 34.9 Å². The van der Waals surface area contributed by atoms with Crippen LogP contribution in [0.15, 0.2) is 12.3 Å². The van der Waals surface area contributed by atoms with Gasteiger partial charge < -0.3 is 0 Å². The molecule has 0 spiro atoms. The Hall–Kier alpha value is -1.12.